The Morgan fingerprint density at radius 3 is 2.65 bits per heavy atom. The molecule has 31 heavy (non-hydrogen) atoms. The van der Waals surface area contributed by atoms with Crippen molar-refractivity contribution in [3.05, 3.63) is 53.1 Å². The van der Waals surface area contributed by atoms with Gasteiger partial charge >= 0.3 is 5.97 Å². The van der Waals surface area contributed by atoms with Crippen molar-refractivity contribution in [1.82, 2.24) is 4.90 Å². The summed E-state index contributed by atoms with van der Waals surface area (Å²) >= 11 is 0. The number of nitrogens with zero attached hydrogens (tertiary/aromatic N) is 2. The minimum Gasteiger partial charge on any atom is -0.463 e. The molecular formula is C24H27N3O4. The summed E-state index contributed by atoms with van der Waals surface area (Å²) in [5.41, 5.74) is 4.88. The fourth-order valence-corrected chi connectivity index (χ4v) is 3.98. The van der Waals surface area contributed by atoms with Crippen molar-refractivity contribution in [2.24, 2.45) is 5.16 Å². The van der Waals surface area contributed by atoms with E-state index in [9.17, 15) is 9.59 Å². The van der Waals surface area contributed by atoms with Crippen LogP contribution in [0, 0.1) is 0 Å². The molecule has 162 valence electrons. The molecule has 4 rings (SSSR count). The van der Waals surface area contributed by atoms with Gasteiger partial charge in [0, 0.05) is 18.7 Å². The van der Waals surface area contributed by atoms with Crippen molar-refractivity contribution in [3.8, 4) is 11.1 Å². The highest BCUT2D eigenvalue weighted by Crippen LogP contribution is 2.40. The van der Waals surface area contributed by atoms with Crippen LogP contribution in [0.5, 0.6) is 0 Å². The second-order valence-electron chi connectivity index (χ2n) is 8.37. The van der Waals surface area contributed by atoms with Gasteiger partial charge in [-0.3, -0.25) is 4.79 Å². The molecule has 2 aliphatic heterocycles. The van der Waals surface area contributed by atoms with Gasteiger partial charge in [-0.25, -0.2) is 4.79 Å². The molecule has 0 aromatic heterocycles. The van der Waals surface area contributed by atoms with Crippen molar-refractivity contribution >= 4 is 23.3 Å². The van der Waals surface area contributed by atoms with Crippen LogP contribution >= 0.6 is 0 Å². The zero-order valence-corrected chi connectivity index (χ0v) is 18.3. The number of oxime groups is 1. The number of amides is 1. The number of benzene rings is 2. The summed E-state index contributed by atoms with van der Waals surface area (Å²) in [5.74, 6) is -0.870. The fraction of sp³-hybridized carbons (Fsp3) is 0.375. The highest BCUT2D eigenvalue weighted by atomic mass is 16.7. The highest BCUT2D eigenvalue weighted by Gasteiger charge is 2.36. The summed E-state index contributed by atoms with van der Waals surface area (Å²) in [5, 5.41) is 7.09. The molecule has 2 heterocycles. The molecule has 0 unspecified atom stereocenters. The Labute approximate surface area is 182 Å². The van der Waals surface area contributed by atoms with Crippen LogP contribution in [0.3, 0.4) is 0 Å². The molecule has 1 N–H and O–H groups in total. The number of rotatable bonds is 5. The maximum absolute atomic E-state index is 12.8. The van der Waals surface area contributed by atoms with E-state index in [0.29, 0.717) is 5.56 Å². The number of carbonyl (C=O) groups is 2. The number of esters is 1. The zero-order chi connectivity index (χ0) is 22.2. The van der Waals surface area contributed by atoms with Gasteiger partial charge in [-0.05, 0) is 62.6 Å². The number of carbonyl (C=O) groups excluding carboxylic acids is 2. The summed E-state index contributed by atoms with van der Waals surface area (Å²) < 4.78 is 5.04. The standard InChI is InChI=1S/C24H27N3O4/c1-5-30-23(29)24(2,3)31-26-21-18-13-17(15-9-7-6-8-10-15)16-11-12-27(4)14-19(16)20(18)25-22(21)28/h6-10,13H,5,11-12,14H2,1-4H3,(H,25,26,28). The molecule has 7 heteroatoms. The SMILES string of the molecule is CCOC(=O)C(C)(C)O/N=C1\C(=O)Nc2c1cc(-c1ccccc1)c1c2CN(C)CC1. The third-order valence-corrected chi connectivity index (χ3v) is 5.65. The number of hydrogen-bond donors (Lipinski definition) is 1. The fourth-order valence-electron chi connectivity index (χ4n) is 3.98. The molecule has 0 fully saturated rings. The first-order valence-electron chi connectivity index (χ1n) is 10.5. The average Bonchev–Trinajstić information content (AvgIpc) is 3.07. The molecule has 0 radical (unpaired) electrons. The van der Waals surface area contributed by atoms with Crippen LogP contribution in [0.15, 0.2) is 41.6 Å². The molecule has 0 bridgehead atoms. The Balaban J connectivity index is 1.80. The molecule has 2 aliphatic rings. The summed E-state index contributed by atoms with van der Waals surface area (Å²) in [6.45, 7) is 6.80. The van der Waals surface area contributed by atoms with Gasteiger partial charge < -0.3 is 19.8 Å². The first-order valence-corrected chi connectivity index (χ1v) is 10.5. The van der Waals surface area contributed by atoms with Crippen LogP contribution in [0.2, 0.25) is 0 Å². The van der Waals surface area contributed by atoms with Crippen LogP contribution in [-0.4, -0.2) is 48.3 Å². The van der Waals surface area contributed by atoms with E-state index >= 15 is 0 Å². The number of nitrogens with one attached hydrogen (secondary N) is 1. The topological polar surface area (TPSA) is 80.2 Å². The number of fused-ring (bicyclic) bond motifs is 3. The van der Waals surface area contributed by atoms with E-state index in [1.165, 1.54) is 5.56 Å². The molecule has 0 saturated carbocycles. The van der Waals surface area contributed by atoms with Crippen molar-refractivity contribution in [1.29, 1.82) is 0 Å². The van der Waals surface area contributed by atoms with E-state index in [4.69, 9.17) is 9.57 Å². The van der Waals surface area contributed by atoms with Gasteiger partial charge in [0.25, 0.3) is 5.91 Å². The van der Waals surface area contributed by atoms with E-state index in [2.05, 4.69) is 34.6 Å². The molecule has 0 atom stereocenters. The molecule has 0 saturated heterocycles. The Bertz CT molecular complexity index is 1060. The number of ether oxygens (including phenoxy) is 1. The first-order chi connectivity index (χ1) is 14.8. The lowest BCUT2D eigenvalue weighted by atomic mass is 9.87. The maximum Gasteiger partial charge on any atom is 0.352 e. The second-order valence-corrected chi connectivity index (χ2v) is 8.37. The second kappa shape index (κ2) is 8.15. The summed E-state index contributed by atoms with van der Waals surface area (Å²) in [4.78, 5) is 32.7. The normalized spacial score (nSPS) is 17.2. The molecule has 2 aromatic carbocycles. The van der Waals surface area contributed by atoms with Gasteiger partial charge in [-0.2, -0.15) is 0 Å². The zero-order valence-electron chi connectivity index (χ0n) is 18.3. The van der Waals surface area contributed by atoms with Crippen LogP contribution in [0.1, 0.15) is 37.5 Å². The minimum absolute atomic E-state index is 0.167. The lowest BCUT2D eigenvalue weighted by molar-refractivity contribution is -0.167. The molecular weight excluding hydrogens is 394 g/mol. The predicted molar refractivity (Wildman–Crippen MR) is 119 cm³/mol. The average molecular weight is 421 g/mol. The lowest BCUT2D eigenvalue weighted by Gasteiger charge is -2.29. The number of anilines is 1. The predicted octanol–water partition coefficient (Wildman–Crippen LogP) is 3.36. The number of likely N-dealkylation sites (N-methyl/N-ethyl adjacent to an activating group) is 1. The maximum atomic E-state index is 12.8. The Hall–Kier alpha value is -3.19. The molecule has 0 aliphatic carbocycles. The molecule has 2 aromatic rings. The van der Waals surface area contributed by atoms with E-state index in [0.717, 1.165) is 41.9 Å². The van der Waals surface area contributed by atoms with Crippen molar-refractivity contribution < 1.29 is 19.2 Å². The van der Waals surface area contributed by atoms with Crippen LogP contribution < -0.4 is 5.32 Å². The van der Waals surface area contributed by atoms with Crippen molar-refractivity contribution in [3.63, 3.8) is 0 Å². The third kappa shape index (κ3) is 3.93. The van der Waals surface area contributed by atoms with Gasteiger partial charge in [0.1, 0.15) is 0 Å². The number of hydrogen-bond acceptors (Lipinski definition) is 6. The summed E-state index contributed by atoms with van der Waals surface area (Å²) in [7, 11) is 2.07. The summed E-state index contributed by atoms with van der Waals surface area (Å²) in [6, 6.07) is 12.1. The van der Waals surface area contributed by atoms with E-state index < -0.39 is 11.6 Å². The quantitative estimate of drug-likeness (QED) is 0.592. The molecule has 7 nitrogen and oxygen atoms in total. The molecule has 0 spiro atoms. The molecule has 1 amide bonds. The van der Waals surface area contributed by atoms with Crippen molar-refractivity contribution in [2.45, 2.75) is 39.3 Å². The van der Waals surface area contributed by atoms with Gasteiger partial charge in [-0.1, -0.05) is 35.5 Å². The largest absolute Gasteiger partial charge is 0.463 e. The van der Waals surface area contributed by atoms with Crippen LogP contribution in [0.25, 0.3) is 11.1 Å². The van der Waals surface area contributed by atoms with E-state index in [-0.39, 0.29) is 18.2 Å². The highest BCUT2D eigenvalue weighted by molar-refractivity contribution is 6.54. The van der Waals surface area contributed by atoms with Crippen molar-refractivity contribution in [2.75, 3.05) is 25.5 Å². The Morgan fingerprint density at radius 2 is 1.94 bits per heavy atom. The Morgan fingerprint density at radius 1 is 1.19 bits per heavy atom. The van der Waals surface area contributed by atoms with E-state index in [1.807, 2.05) is 24.3 Å². The van der Waals surface area contributed by atoms with Gasteiger partial charge in [0.2, 0.25) is 5.60 Å². The van der Waals surface area contributed by atoms with Gasteiger partial charge in [0.05, 0.1) is 12.3 Å². The monoisotopic (exact) mass is 421 g/mol. The summed E-state index contributed by atoms with van der Waals surface area (Å²) in [6.07, 6.45) is 0.901. The smallest absolute Gasteiger partial charge is 0.352 e. The van der Waals surface area contributed by atoms with Gasteiger partial charge in [-0.15, -0.1) is 0 Å². The van der Waals surface area contributed by atoms with Crippen LogP contribution in [0.4, 0.5) is 5.69 Å². The third-order valence-electron chi connectivity index (χ3n) is 5.65. The lowest BCUT2D eigenvalue weighted by Crippen LogP contribution is -2.35. The first kappa shape index (κ1) is 21.1. The van der Waals surface area contributed by atoms with E-state index in [1.54, 1.807) is 20.8 Å². The minimum atomic E-state index is -1.30. The van der Waals surface area contributed by atoms with Crippen LogP contribution in [-0.2, 0) is 32.1 Å². The Kier molecular flexibility index (Phi) is 5.54. The van der Waals surface area contributed by atoms with Gasteiger partial charge in [0.15, 0.2) is 5.71 Å².